The van der Waals surface area contributed by atoms with Crippen LogP contribution in [0.3, 0.4) is 0 Å². The molecule has 1 rings (SSSR count). The second-order valence-electron chi connectivity index (χ2n) is 2.33. The minimum atomic E-state index is -0.399. The summed E-state index contributed by atoms with van der Waals surface area (Å²) in [5.74, 6) is -0.399. The third-order valence-corrected chi connectivity index (χ3v) is 1.40. The van der Waals surface area contributed by atoms with Crippen LogP contribution in [0.15, 0.2) is 24.3 Å². The molecule has 3 nitrogen and oxygen atoms in total. The number of carbonyl (C=O) groups excluding carboxylic acids is 1. The molecule has 0 N–H and O–H groups in total. The van der Waals surface area contributed by atoms with Crippen LogP contribution < -0.4 is 0 Å². The summed E-state index contributed by atoms with van der Waals surface area (Å²) >= 11 is 0. The highest BCUT2D eigenvalue weighted by atomic mass is 16.5. The van der Waals surface area contributed by atoms with Crippen molar-refractivity contribution >= 4 is 5.97 Å². The van der Waals surface area contributed by atoms with Crippen LogP contribution in [0.5, 0.6) is 0 Å². The summed E-state index contributed by atoms with van der Waals surface area (Å²) in [6, 6.07) is 11.2. The second kappa shape index (κ2) is 4.94. The van der Waals surface area contributed by atoms with Gasteiger partial charge in [-0.1, -0.05) is 12.1 Å². The third-order valence-electron chi connectivity index (χ3n) is 1.40. The van der Waals surface area contributed by atoms with E-state index < -0.39 is 5.97 Å². The van der Waals surface area contributed by atoms with Gasteiger partial charge < -0.3 is 4.74 Å². The largest absolute Gasteiger partial charge is 0.461 e. The Hall–Kier alpha value is -1.82. The molecule has 0 spiro atoms. The van der Waals surface area contributed by atoms with Gasteiger partial charge in [0.2, 0.25) is 0 Å². The molecule has 0 aliphatic carbocycles. The van der Waals surface area contributed by atoms with Gasteiger partial charge in [-0.25, -0.2) is 4.79 Å². The maximum Gasteiger partial charge on any atom is 0.338 e. The molecule has 1 aromatic carbocycles. The van der Waals surface area contributed by atoms with Crippen molar-refractivity contribution in [2.75, 3.05) is 6.61 Å². The van der Waals surface area contributed by atoms with Gasteiger partial charge >= 0.3 is 5.97 Å². The number of esters is 1. The van der Waals surface area contributed by atoms with E-state index in [1.54, 1.807) is 24.3 Å². The third kappa shape index (κ3) is 2.96. The van der Waals surface area contributed by atoms with Crippen molar-refractivity contribution in [3.63, 3.8) is 0 Å². The second-order valence-corrected chi connectivity index (χ2v) is 2.33. The lowest BCUT2D eigenvalue weighted by Gasteiger charge is -2.00. The molecule has 0 amide bonds. The molecule has 0 heterocycles. The van der Waals surface area contributed by atoms with Crippen LogP contribution in [0.2, 0.25) is 0 Å². The normalized spacial score (nSPS) is 8.85. The van der Waals surface area contributed by atoms with E-state index in [0.29, 0.717) is 5.56 Å². The average Bonchev–Trinajstić information content (AvgIpc) is 2.19. The summed E-state index contributed by atoms with van der Waals surface area (Å²) in [4.78, 5) is 11.2. The van der Waals surface area contributed by atoms with E-state index in [1.165, 1.54) is 0 Å². The Morgan fingerprint density at radius 2 is 2.23 bits per heavy atom. The number of carbonyl (C=O) groups is 1. The number of hydrogen-bond donors (Lipinski definition) is 0. The zero-order valence-corrected chi connectivity index (χ0v) is 6.99. The Bertz CT molecular complexity index is 313. The highest BCUT2D eigenvalue weighted by Crippen LogP contribution is 2.00. The molecule has 0 saturated carbocycles. The van der Waals surface area contributed by atoms with Gasteiger partial charge in [0, 0.05) is 0 Å². The first-order chi connectivity index (χ1) is 6.34. The zero-order chi connectivity index (χ0) is 9.52. The Balaban J connectivity index is 2.46. The van der Waals surface area contributed by atoms with Crippen molar-refractivity contribution in [2.45, 2.75) is 6.42 Å². The minimum absolute atomic E-state index is 0.147. The highest BCUT2D eigenvalue weighted by molar-refractivity contribution is 5.89. The monoisotopic (exact) mass is 174 g/mol. The van der Waals surface area contributed by atoms with Crippen LogP contribution in [0.25, 0.3) is 0 Å². The van der Waals surface area contributed by atoms with E-state index in [0.717, 1.165) is 0 Å². The molecule has 0 aliphatic rings. The molecule has 0 saturated heterocycles. The summed E-state index contributed by atoms with van der Waals surface area (Å²) in [5, 5.41) is 8.20. The molecule has 65 valence electrons. The van der Waals surface area contributed by atoms with Gasteiger partial charge in [0.05, 0.1) is 18.1 Å². The molecule has 0 bridgehead atoms. The fourth-order valence-electron chi connectivity index (χ4n) is 0.796. The molecule has 0 atom stereocenters. The predicted octanol–water partition coefficient (Wildman–Crippen LogP) is 1.56. The van der Waals surface area contributed by atoms with E-state index in [2.05, 4.69) is 6.07 Å². The SMILES string of the molecule is N#CCCOC(=O)c1cc[c]cc1. The molecule has 13 heavy (non-hydrogen) atoms. The molecule has 0 fully saturated rings. The van der Waals surface area contributed by atoms with Crippen LogP contribution in [0.1, 0.15) is 16.8 Å². The van der Waals surface area contributed by atoms with Crippen molar-refractivity contribution < 1.29 is 9.53 Å². The fourth-order valence-corrected chi connectivity index (χ4v) is 0.796. The Labute approximate surface area is 76.6 Å². The Kier molecular flexibility index (Phi) is 3.52. The van der Waals surface area contributed by atoms with Gasteiger partial charge in [0.1, 0.15) is 6.61 Å². The van der Waals surface area contributed by atoms with Crippen LogP contribution in [0, 0.1) is 17.4 Å². The van der Waals surface area contributed by atoms with E-state index in [9.17, 15) is 4.79 Å². The standard InChI is InChI=1S/C10H8NO2/c11-7-4-8-13-10(12)9-5-2-1-3-6-9/h2-3,5-6H,4,8H2. The first-order valence-electron chi connectivity index (χ1n) is 3.85. The Morgan fingerprint density at radius 1 is 1.54 bits per heavy atom. The van der Waals surface area contributed by atoms with Gasteiger partial charge in [-0.3, -0.25) is 0 Å². The maximum atomic E-state index is 11.2. The van der Waals surface area contributed by atoms with Crippen molar-refractivity contribution in [1.82, 2.24) is 0 Å². The fraction of sp³-hybridized carbons (Fsp3) is 0.200. The molecule has 0 aliphatic heterocycles. The van der Waals surface area contributed by atoms with Crippen LogP contribution in [0.4, 0.5) is 0 Å². The number of ether oxygens (including phenoxy) is 1. The summed E-state index contributed by atoms with van der Waals surface area (Å²) < 4.78 is 4.79. The summed E-state index contributed by atoms with van der Waals surface area (Å²) in [6.45, 7) is 0.147. The maximum absolute atomic E-state index is 11.2. The molecule has 0 aromatic heterocycles. The summed E-state index contributed by atoms with van der Waals surface area (Å²) in [6.07, 6.45) is 0.227. The molecule has 3 heteroatoms. The number of benzene rings is 1. The van der Waals surface area contributed by atoms with Gasteiger partial charge in [-0.15, -0.1) is 0 Å². The lowest BCUT2D eigenvalue weighted by molar-refractivity contribution is 0.0513. The minimum Gasteiger partial charge on any atom is -0.461 e. The summed E-state index contributed by atoms with van der Waals surface area (Å²) in [5.41, 5.74) is 0.483. The van der Waals surface area contributed by atoms with Crippen molar-refractivity contribution in [2.24, 2.45) is 0 Å². The summed E-state index contributed by atoms with van der Waals surface area (Å²) in [7, 11) is 0. The topological polar surface area (TPSA) is 50.1 Å². The lowest BCUT2D eigenvalue weighted by atomic mass is 10.2. The van der Waals surface area contributed by atoms with Crippen molar-refractivity contribution in [3.8, 4) is 6.07 Å². The van der Waals surface area contributed by atoms with E-state index >= 15 is 0 Å². The molecule has 0 unspecified atom stereocenters. The smallest absolute Gasteiger partial charge is 0.338 e. The number of nitriles is 1. The van der Waals surface area contributed by atoms with Gasteiger partial charge in [0.15, 0.2) is 0 Å². The first kappa shape index (κ1) is 9.27. The highest BCUT2D eigenvalue weighted by Gasteiger charge is 2.04. The zero-order valence-electron chi connectivity index (χ0n) is 6.99. The van der Waals surface area contributed by atoms with Gasteiger partial charge in [-0.2, -0.15) is 5.26 Å². The van der Waals surface area contributed by atoms with Crippen LogP contribution in [-0.2, 0) is 4.74 Å². The number of rotatable bonds is 3. The van der Waals surface area contributed by atoms with Crippen LogP contribution in [-0.4, -0.2) is 12.6 Å². The number of hydrogen-bond acceptors (Lipinski definition) is 3. The predicted molar refractivity (Wildman–Crippen MR) is 45.8 cm³/mol. The molecular weight excluding hydrogens is 166 g/mol. The first-order valence-corrected chi connectivity index (χ1v) is 3.85. The van der Waals surface area contributed by atoms with Crippen LogP contribution >= 0.6 is 0 Å². The molecule has 1 radical (unpaired) electrons. The van der Waals surface area contributed by atoms with E-state index in [1.807, 2.05) is 6.07 Å². The molecule has 1 aromatic rings. The van der Waals surface area contributed by atoms with E-state index in [4.69, 9.17) is 10.00 Å². The average molecular weight is 174 g/mol. The number of nitrogens with zero attached hydrogens (tertiary/aromatic N) is 1. The van der Waals surface area contributed by atoms with Crippen molar-refractivity contribution in [3.05, 3.63) is 35.9 Å². The van der Waals surface area contributed by atoms with E-state index in [-0.39, 0.29) is 13.0 Å². The molecular formula is C10H8NO2. The quantitative estimate of drug-likeness (QED) is 0.516. The van der Waals surface area contributed by atoms with Gasteiger partial charge in [0.25, 0.3) is 0 Å². The van der Waals surface area contributed by atoms with Crippen molar-refractivity contribution in [1.29, 1.82) is 5.26 Å². The Morgan fingerprint density at radius 3 is 2.85 bits per heavy atom. The lowest BCUT2D eigenvalue weighted by Crippen LogP contribution is -2.05. The van der Waals surface area contributed by atoms with Gasteiger partial charge in [-0.05, 0) is 18.2 Å².